The lowest BCUT2D eigenvalue weighted by Gasteiger charge is -2.11. The average molecular weight is 391 g/mol. The second kappa shape index (κ2) is 9.19. The first-order valence-electron chi connectivity index (χ1n) is 9.67. The number of nitrogens with one attached hydrogen (secondary N) is 1. The predicted octanol–water partition coefficient (Wildman–Crippen LogP) is 3.92. The van der Waals surface area contributed by atoms with Crippen LogP contribution in [0.1, 0.15) is 36.2 Å². The van der Waals surface area contributed by atoms with Crippen LogP contribution in [-0.2, 0) is 9.53 Å². The van der Waals surface area contributed by atoms with Gasteiger partial charge in [-0.2, -0.15) is 5.10 Å². The minimum Gasteiger partial charge on any atom is -0.452 e. The molecule has 0 unspecified atom stereocenters. The Morgan fingerprint density at radius 1 is 1.10 bits per heavy atom. The Balaban J connectivity index is 1.90. The van der Waals surface area contributed by atoms with Crippen molar-refractivity contribution in [1.29, 1.82) is 0 Å². The Labute approximate surface area is 170 Å². The van der Waals surface area contributed by atoms with Gasteiger partial charge in [0.2, 0.25) is 0 Å². The van der Waals surface area contributed by atoms with Crippen molar-refractivity contribution in [3.05, 3.63) is 71.9 Å². The van der Waals surface area contributed by atoms with E-state index in [0.29, 0.717) is 11.3 Å². The first-order chi connectivity index (χ1) is 14.0. The van der Waals surface area contributed by atoms with Crippen molar-refractivity contribution in [2.75, 3.05) is 6.61 Å². The topological polar surface area (TPSA) is 73.2 Å². The van der Waals surface area contributed by atoms with Crippen LogP contribution in [0.4, 0.5) is 0 Å². The molecule has 0 aliphatic carbocycles. The third kappa shape index (κ3) is 4.90. The number of benzene rings is 2. The summed E-state index contributed by atoms with van der Waals surface area (Å²) in [6.07, 6.45) is 2.45. The number of rotatable bonds is 7. The molecule has 6 heteroatoms. The number of amides is 1. The number of aryl methyl sites for hydroxylation is 1. The molecule has 0 aliphatic rings. The number of carbonyl (C=O) groups is 2. The number of ether oxygens (including phenoxy) is 1. The van der Waals surface area contributed by atoms with E-state index >= 15 is 0 Å². The van der Waals surface area contributed by atoms with Crippen LogP contribution < -0.4 is 5.32 Å². The molecule has 0 aliphatic heterocycles. The van der Waals surface area contributed by atoms with Gasteiger partial charge < -0.3 is 10.1 Å². The van der Waals surface area contributed by atoms with Gasteiger partial charge in [-0.1, -0.05) is 49.4 Å². The maximum atomic E-state index is 12.8. The summed E-state index contributed by atoms with van der Waals surface area (Å²) in [5.41, 5.74) is 3.52. The van der Waals surface area contributed by atoms with Crippen molar-refractivity contribution < 1.29 is 14.3 Å². The fourth-order valence-electron chi connectivity index (χ4n) is 2.90. The van der Waals surface area contributed by atoms with Gasteiger partial charge in [-0.05, 0) is 38.0 Å². The van der Waals surface area contributed by atoms with E-state index in [2.05, 4.69) is 10.4 Å². The Hall–Kier alpha value is -3.41. The second-order valence-electron chi connectivity index (χ2n) is 6.94. The van der Waals surface area contributed by atoms with Gasteiger partial charge in [0.25, 0.3) is 5.91 Å². The van der Waals surface area contributed by atoms with Crippen LogP contribution in [0.5, 0.6) is 0 Å². The zero-order chi connectivity index (χ0) is 20.8. The van der Waals surface area contributed by atoms with Crippen LogP contribution in [0.15, 0.2) is 60.8 Å². The van der Waals surface area contributed by atoms with Crippen molar-refractivity contribution in [3.63, 3.8) is 0 Å². The maximum Gasteiger partial charge on any atom is 0.342 e. The van der Waals surface area contributed by atoms with Gasteiger partial charge in [-0.3, -0.25) is 4.79 Å². The van der Waals surface area contributed by atoms with Crippen LogP contribution in [0.3, 0.4) is 0 Å². The molecular formula is C23H25N3O3. The molecule has 3 rings (SSSR count). The molecule has 1 N–H and O–H groups in total. The van der Waals surface area contributed by atoms with Crippen molar-refractivity contribution in [3.8, 4) is 16.9 Å². The summed E-state index contributed by atoms with van der Waals surface area (Å²) in [6.45, 7) is 5.52. The molecule has 1 atom stereocenters. The molecule has 1 amide bonds. The molecule has 0 radical (unpaired) electrons. The molecule has 2 aromatic carbocycles. The molecule has 3 aromatic rings. The van der Waals surface area contributed by atoms with Gasteiger partial charge >= 0.3 is 5.97 Å². The lowest BCUT2D eigenvalue weighted by molar-refractivity contribution is -0.124. The van der Waals surface area contributed by atoms with E-state index in [4.69, 9.17) is 4.74 Å². The Kier molecular flexibility index (Phi) is 6.44. The minimum atomic E-state index is -0.579. The highest BCUT2D eigenvalue weighted by molar-refractivity contribution is 5.97. The lowest BCUT2D eigenvalue weighted by atomic mass is 10.0. The third-order valence-electron chi connectivity index (χ3n) is 4.71. The number of aromatic nitrogens is 2. The first kappa shape index (κ1) is 20.3. The summed E-state index contributed by atoms with van der Waals surface area (Å²) < 4.78 is 6.93. The molecule has 0 spiro atoms. The van der Waals surface area contributed by atoms with E-state index < -0.39 is 5.97 Å². The average Bonchev–Trinajstić information content (AvgIpc) is 3.18. The largest absolute Gasteiger partial charge is 0.452 e. The summed E-state index contributed by atoms with van der Waals surface area (Å²) in [7, 11) is 0. The number of nitrogens with zero attached hydrogens (tertiary/aromatic N) is 2. The van der Waals surface area contributed by atoms with Crippen LogP contribution in [-0.4, -0.2) is 34.3 Å². The number of esters is 1. The molecule has 1 heterocycles. The maximum absolute atomic E-state index is 12.8. The second-order valence-corrected chi connectivity index (χ2v) is 6.94. The lowest BCUT2D eigenvalue weighted by Crippen LogP contribution is -2.35. The van der Waals surface area contributed by atoms with Crippen LogP contribution in [0, 0.1) is 6.92 Å². The highest BCUT2D eigenvalue weighted by Gasteiger charge is 2.22. The quantitative estimate of drug-likeness (QED) is 0.620. The Morgan fingerprint density at radius 2 is 1.79 bits per heavy atom. The molecule has 0 bridgehead atoms. The normalized spacial score (nSPS) is 11.7. The van der Waals surface area contributed by atoms with Crippen LogP contribution in [0.2, 0.25) is 0 Å². The number of hydrogen-bond acceptors (Lipinski definition) is 4. The number of hydrogen-bond donors (Lipinski definition) is 1. The fraction of sp³-hybridized carbons (Fsp3) is 0.261. The van der Waals surface area contributed by atoms with Crippen molar-refractivity contribution in [2.45, 2.75) is 33.2 Å². The van der Waals surface area contributed by atoms with Crippen molar-refractivity contribution >= 4 is 11.9 Å². The Bertz CT molecular complexity index is 996. The minimum absolute atomic E-state index is 0.0320. The number of carbonyl (C=O) groups excluding carboxylic acids is 2. The van der Waals surface area contributed by atoms with E-state index in [0.717, 1.165) is 23.2 Å². The fourth-order valence-corrected chi connectivity index (χ4v) is 2.90. The highest BCUT2D eigenvalue weighted by atomic mass is 16.5. The van der Waals surface area contributed by atoms with E-state index in [9.17, 15) is 9.59 Å². The molecule has 29 heavy (non-hydrogen) atoms. The van der Waals surface area contributed by atoms with Gasteiger partial charge in [-0.15, -0.1) is 0 Å². The molecule has 1 aromatic heterocycles. The molecule has 150 valence electrons. The first-order valence-corrected chi connectivity index (χ1v) is 9.67. The van der Waals surface area contributed by atoms with Gasteiger partial charge in [0, 0.05) is 17.8 Å². The summed E-state index contributed by atoms with van der Waals surface area (Å²) in [4.78, 5) is 24.8. The van der Waals surface area contributed by atoms with Gasteiger partial charge in [0.15, 0.2) is 6.61 Å². The molecule has 0 saturated heterocycles. The number of para-hydroxylation sites is 1. The standard InChI is InChI=1S/C23H25N3O3/c1-4-17(3)24-21(27)15-29-23(28)20-14-26(18-11-6-5-7-12-18)25-22(20)19-13-9-8-10-16(19)2/h5-14,17H,4,15H2,1-3H3,(H,24,27)/t17-/m1/s1. The summed E-state index contributed by atoms with van der Waals surface area (Å²) >= 11 is 0. The smallest absolute Gasteiger partial charge is 0.342 e. The zero-order valence-electron chi connectivity index (χ0n) is 16.9. The zero-order valence-corrected chi connectivity index (χ0v) is 16.9. The van der Waals surface area contributed by atoms with Gasteiger partial charge in [0.1, 0.15) is 11.3 Å². The summed E-state index contributed by atoms with van der Waals surface area (Å²) in [6, 6.07) is 17.3. The van der Waals surface area contributed by atoms with Gasteiger partial charge in [0.05, 0.1) is 5.69 Å². The molecular weight excluding hydrogens is 366 g/mol. The van der Waals surface area contributed by atoms with E-state index in [1.165, 1.54) is 0 Å². The van der Waals surface area contributed by atoms with E-state index in [-0.39, 0.29) is 18.6 Å². The van der Waals surface area contributed by atoms with Crippen molar-refractivity contribution in [2.24, 2.45) is 0 Å². The SMILES string of the molecule is CC[C@@H](C)NC(=O)COC(=O)c1cn(-c2ccccc2)nc1-c1ccccc1C. The van der Waals surface area contributed by atoms with Gasteiger partial charge in [-0.25, -0.2) is 9.48 Å². The van der Waals surface area contributed by atoms with Crippen molar-refractivity contribution in [1.82, 2.24) is 15.1 Å². The molecule has 6 nitrogen and oxygen atoms in total. The van der Waals surface area contributed by atoms with E-state index in [1.807, 2.05) is 75.4 Å². The van der Waals surface area contributed by atoms with Crippen LogP contribution >= 0.6 is 0 Å². The summed E-state index contributed by atoms with van der Waals surface area (Å²) in [5, 5.41) is 7.42. The third-order valence-corrected chi connectivity index (χ3v) is 4.71. The monoisotopic (exact) mass is 391 g/mol. The Morgan fingerprint density at radius 3 is 2.48 bits per heavy atom. The van der Waals surface area contributed by atoms with E-state index in [1.54, 1.807) is 10.9 Å². The predicted molar refractivity (Wildman–Crippen MR) is 112 cm³/mol. The summed E-state index contributed by atoms with van der Waals surface area (Å²) in [5.74, 6) is -0.898. The highest BCUT2D eigenvalue weighted by Crippen LogP contribution is 2.27. The van der Waals surface area contributed by atoms with Crippen LogP contribution in [0.25, 0.3) is 16.9 Å². The molecule has 0 fully saturated rings. The molecule has 0 saturated carbocycles.